The first kappa shape index (κ1) is 21.4. The van der Waals surface area contributed by atoms with Crippen molar-refractivity contribution in [1.82, 2.24) is 0 Å². The molecule has 0 aliphatic rings. The van der Waals surface area contributed by atoms with Crippen LogP contribution in [0, 0.1) is 0 Å². The van der Waals surface area contributed by atoms with Gasteiger partial charge in [0.15, 0.2) is 0 Å². The van der Waals surface area contributed by atoms with Crippen LogP contribution in [0.5, 0.6) is 0 Å². The SMILES string of the molecule is CCCCCC=Cc1cc(C=CCCCCCC)cc2cc3ccccc3cc12. The maximum Gasteiger partial charge on any atom is -0.0105 e. The molecule has 0 aliphatic heterocycles. The van der Waals surface area contributed by atoms with Gasteiger partial charge in [-0.1, -0.05) is 94.5 Å². The van der Waals surface area contributed by atoms with Crippen molar-refractivity contribution in [3.8, 4) is 0 Å². The van der Waals surface area contributed by atoms with Gasteiger partial charge in [0.1, 0.15) is 0 Å². The van der Waals surface area contributed by atoms with Gasteiger partial charge in [0.25, 0.3) is 0 Å². The van der Waals surface area contributed by atoms with Crippen LogP contribution < -0.4 is 0 Å². The number of hydrogen-bond acceptors (Lipinski definition) is 0. The van der Waals surface area contributed by atoms with Gasteiger partial charge in [-0.15, -0.1) is 0 Å². The molecule has 152 valence electrons. The lowest BCUT2D eigenvalue weighted by molar-refractivity contribution is 0.675. The Morgan fingerprint density at radius 2 is 1.28 bits per heavy atom. The number of hydrogen-bond donors (Lipinski definition) is 0. The molecule has 3 aromatic carbocycles. The van der Waals surface area contributed by atoms with Crippen molar-refractivity contribution in [2.75, 3.05) is 0 Å². The lowest BCUT2D eigenvalue weighted by Gasteiger charge is -2.08. The Kier molecular flexibility index (Phi) is 8.56. The van der Waals surface area contributed by atoms with E-state index in [0.29, 0.717) is 0 Å². The monoisotopic (exact) mass is 384 g/mol. The van der Waals surface area contributed by atoms with Crippen LogP contribution >= 0.6 is 0 Å². The lowest BCUT2D eigenvalue weighted by atomic mass is 9.96. The number of allylic oxidation sites excluding steroid dienone is 2. The van der Waals surface area contributed by atoms with Crippen LogP contribution in [0.25, 0.3) is 33.7 Å². The first-order valence-electron chi connectivity index (χ1n) is 11.6. The van der Waals surface area contributed by atoms with Gasteiger partial charge in [-0.2, -0.15) is 0 Å². The highest BCUT2D eigenvalue weighted by Gasteiger charge is 2.04. The van der Waals surface area contributed by atoms with E-state index in [2.05, 4.69) is 86.7 Å². The van der Waals surface area contributed by atoms with Crippen LogP contribution in [0.3, 0.4) is 0 Å². The summed E-state index contributed by atoms with van der Waals surface area (Å²) in [6.45, 7) is 4.53. The molecular formula is C29H36. The van der Waals surface area contributed by atoms with E-state index in [1.165, 1.54) is 90.5 Å². The van der Waals surface area contributed by atoms with Gasteiger partial charge in [0, 0.05) is 0 Å². The molecule has 0 unspecified atom stereocenters. The highest BCUT2D eigenvalue weighted by Crippen LogP contribution is 2.28. The number of benzene rings is 3. The normalized spacial score (nSPS) is 12.1. The molecular weight excluding hydrogens is 348 g/mol. The molecule has 0 N–H and O–H groups in total. The Bertz CT molecular complexity index is 958. The highest BCUT2D eigenvalue weighted by molar-refractivity contribution is 6.02. The highest BCUT2D eigenvalue weighted by atomic mass is 14.1. The third-order valence-electron chi connectivity index (χ3n) is 5.68. The number of rotatable bonds is 11. The summed E-state index contributed by atoms with van der Waals surface area (Å²) in [6.07, 6.45) is 20.9. The van der Waals surface area contributed by atoms with Gasteiger partial charge in [-0.05, 0) is 82.6 Å². The Morgan fingerprint density at radius 1 is 0.621 bits per heavy atom. The molecule has 0 saturated heterocycles. The zero-order valence-electron chi connectivity index (χ0n) is 18.3. The summed E-state index contributed by atoms with van der Waals surface area (Å²) < 4.78 is 0. The summed E-state index contributed by atoms with van der Waals surface area (Å²) in [4.78, 5) is 0. The molecule has 0 aliphatic carbocycles. The minimum atomic E-state index is 1.17. The van der Waals surface area contributed by atoms with Crippen molar-refractivity contribution in [3.05, 3.63) is 71.8 Å². The van der Waals surface area contributed by atoms with Crippen molar-refractivity contribution in [1.29, 1.82) is 0 Å². The van der Waals surface area contributed by atoms with Crippen LogP contribution in [-0.2, 0) is 0 Å². The first-order chi connectivity index (χ1) is 14.3. The first-order valence-corrected chi connectivity index (χ1v) is 11.6. The molecule has 29 heavy (non-hydrogen) atoms. The molecule has 0 amide bonds. The summed E-state index contributed by atoms with van der Waals surface area (Å²) in [5, 5.41) is 5.33. The second-order valence-electron chi connectivity index (χ2n) is 8.18. The summed E-state index contributed by atoms with van der Waals surface area (Å²) in [5.74, 6) is 0. The zero-order chi connectivity index (χ0) is 20.3. The van der Waals surface area contributed by atoms with Crippen LogP contribution in [-0.4, -0.2) is 0 Å². The Hall–Kier alpha value is -2.34. The second kappa shape index (κ2) is 11.6. The average Bonchev–Trinajstić information content (AvgIpc) is 2.74. The lowest BCUT2D eigenvalue weighted by Crippen LogP contribution is -1.84. The molecule has 3 rings (SSSR count). The predicted molar refractivity (Wildman–Crippen MR) is 132 cm³/mol. The molecule has 0 aromatic heterocycles. The molecule has 0 radical (unpaired) electrons. The minimum Gasteiger partial charge on any atom is -0.0839 e. The van der Waals surface area contributed by atoms with Crippen LogP contribution in [0.4, 0.5) is 0 Å². The minimum absolute atomic E-state index is 1.17. The topological polar surface area (TPSA) is 0 Å². The van der Waals surface area contributed by atoms with Crippen LogP contribution in [0.15, 0.2) is 60.7 Å². The van der Waals surface area contributed by atoms with E-state index < -0.39 is 0 Å². The second-order valence-corrected chi connectivity index (χ2v) is 8.18. The van der Waals surface area contributed by atoms with E-state index >= 15 is 0 Å². The number of fused-ring (bicyclic) bond motifs is 2. The smallest absolute Gasteiger partial charge is 0.0105 e. The Morgan fingerprint density at radius 3 is 2.03 bits per heavy atom. The molecule has 0 bridgehead atoms. The van der Waals surface area contributed by atoms with Gasteiger partial charge in [0.05, 0.1) is 0 Å². The predicted octanol–water partition coefficient (Wildman–Crippen LogP) is 9.57. The third kappa shape index (κ3) is 6.32. The van der Waals surface area contributed by atoms with E-state index in [9.17, 15) is 0 Å². The Labute approximate surface area is 177 Å². The fourth-order valence-corrected chi connectivity index (χ4v) is 3.97. The van der Waals surface area contributed by atoms with E-state index in [-0.39, 0.29) is 0 Å². The standard InChI is InChI=1S/C29H36/c1-3-5-7-9-11-12-16-24-20-27(19-13-10-8-6-4-2)29-23-26-18-15-14-17-25(26)22-28(29)21-24/h12-23H,3-11H2,1-2H3. The fourth-order valence-electron chi connectivity index (χ4n) is 3.97. The van der Waals surface area contributed by atoms with Crippen molar-refractivity contribution >= 4 is 33.7 Å². The number of unbranched alkanes of at least 4 members (excludes halogenated alkanes) is 7. The quantitative estimate of drug-likeness (QED) is 0.228. The largest absolute Gasteiger partial charge is 0.0839 e. The Balaban J connectivity index is 1.88. The molecule has 0 saturated carbocycles. The summed E-state index contributed by atoms with van der Waals surface area (Å²) in [5.41, 5.74) is 2.66. The van der Waals surface area contributed by atoms with Crippen molar-refractivity contribution in [2.45, 2.75) is 71.6 Å². The van der Waals surface area contributed by atoms with Gasteiger partial charge in [0.2, 0.25) is 0 Å². The maximum absolute atomic E-state index is 2.36. The van der Waals surface area contributed by atoms with Gasteiger partial charge in [-0.25, -0.2) is 0 Å². The third-order valence-corrected chi connectivity index (χ3v) is 5.68. The molecule has 0 heterocycles. The van der Waals surface area contributed by atoms with Crippen molar-refractivity contribution < 1.29 is 0 Å². The van der Waals surface area contributed by atoms with Crippen molar-refractivity contribution in [2.24, 2.45) is 0 Å². The van der Waals surface area contributed by atoms with Crippen molar-refractivity contribution in [3.63, 3.8) is 0 Å². The molecule has 0 nitrogen and oxygen atoms in total. The van der Waals surface area contributed by atoms with Crippen LogP contribution in [0.2, 0.25) is 0 Å². The summed E-state index contributed by atoms with van der Waals surface area (Å²) in [6, 6.07) is 18.1. The molecule has 0 spiro atoms. The van der Waals surface area contributed by atoms with Gasteiger partial charge >= 0.3 is 0 Å². The van der Waals surface area contributed by atoms with Gasteiger partial charge < -0.3 is 0 Å². The zero-order valence-corrected chi connectivity index (χ0v) is 18.3. The maximum atomic E-state index is 2.36. The van der Waals surface area contributed by atoms with E-state index in [1.54, 1.807) is 0 Å². The fraction of sp³-hybridized carbons (Fsp3) is 0.379. The average molecular weight is 385 g/mol. The molecule has 0 atom stereocenters. The summed E-state index contributed by atoms with van der Waals surface area (Å²) >= 11 is 0. The molecule has 3 aromatic rings. The van der Waals surface area contributed by atoms with Crippen LogP contribution in [0.1, 0.15) is 82.8 Å². The summed E-state index contributed by atoms with van der Waals surface area (Å²) in [7, 11) is 0. The molecule has 0 heteroatoms. The van der Waals surface area contributed by atoms with E-state index in [0.717, 1.165) is 0 Å². The van der Waals surface area contributed by atoms with Gasteiger partial charge in [-0.3, -0.25) is 0 Å². The van der Waals surface area contributed by atoms with E-state index in [4.69, 9.17) is 0 Å². The molecule has 0 fully saturated rings. The van der Waals surface area contributed by atoms with E-state index in [1.807, 2.05) is 0 Å².